The summed E-state index contributed by atoms with van der Waals surface area (Å²) < 4.78 is 5.24. The highest BCUT2D eigenvalue weighted by atomic mass is 16.6. The highest BCUT2D eigenvalue weighted by Crippen LogP contribution is 2.37. The lowest BCUT2D eigenvalue weighted by atomic mass is 9.90. The molecule has 0 aromatic heterocycles. The third-order valence-corrected chi connectivity index (χ3v) is 4.15. The standard InChI is InChI=1S/C15H27NO5/c1-10-6-7-15(11(2)17,12(18)19)16(10)13(20)21-9-8-14(3,4)5/h10-11,17H,6-9H2,1-5H3,(H,18,19). The smallest absolute Gasteiger partial charge is 0.411 e. The Labute approximate surface area is 126 Å². The Kier molecular flexibility index (Phi) is 5.25. The summed E-state index contributed by atoms with van der Waals surface area (Å²) in [7, 11) is 0. The number of aliphatic hydroxyl groups is 1. The quantitative estimate of drug-likeness (QED) is 0.831. The van der Waals surface area contributed by atoms with Crippen molar-refractivity contribution in [2.24, 2.45) is 5.41 Å². The van der Waals surface area contributed by atoms with Gasteiger partial charge in [0.15, 0.2) is 5.54 Å². The molecule has 0 aromatic carbocycles. The van der Waals surface area contributed by atoms with Crippen LogP contribution in [-0.2, 0) is 9.53 Å². The van der Waals surface area contributed by atoms with Gasteiger partial charge in [0.2, 0.25) is 0 Å². The van der Waals surface area contributed by atoms with Gasteiger partial charge in [-0.2, -0.15) is 0 Å². The normalized spacial score (nSPS) is 27.5. The molecule has 122 valence electrons. The molecule has 21 heavy (non-hydrogen) atoms. The SMILES string of the molecule is CC1CCC(C(=O)O)(C(C)O)N1C(=O)OCCC(C)(C)C. The fourth-order valence-electron chi connectivity index (χ4n) is 2.73. The number of ether oxygens (including phenoxy) is 1. The van der Waals surface area contributed by atoms with Gasteiger partial charge in [0.1, 0.15) is 0 Å². The minimum atomic E-state index is -1.59. The van der Waals surface area contributed by atoms with E-state index in [1.807, 2.05) is 20.8 Å². The number of likely N-dealkylation sites (tertiary alicyclic amines) is 1. The number of aliphatic hydroxyl groups excluding tert-OH is 1. The highest BCUT2D eigenvalue weighted by molar-refractivity contribution is 5.86. The fraction of sp³-hybridized carbons (Fsp3) is 0.867. The third-order valence-electron chi connectivity index (χ3n) is 4.15. The Morgan fingerprint density at radius 1 is 1.43 bits per heavy atom. The zero-order valence-electron chi connectivity index (χ0n) is 13.5. The lowest BCUT2D eigenvalue weighted by molar-refractivity contribution is -0.156. The minimum absolute atomic E-state index is 0.0328. The molecule has 1 aliphatic rings. The molecule has 2 N–H and O–H groups in total. The number of carbonyl (C=O) groups excluding carboxylic acids is 1. The molecule has 0 aromatic rings. The Morgan fingerprint density at radius 2 is 2.00 bits per heavy atom. The molecule has 0 bridgehead atoms. The van der Waals surface area contributed by atoms with Gasteiger partial charge < -0.3 is 14.9 Å². The van der Waals surface area contributed by atoms with Crippen LogP contribution in [0.25, 0.3) is 0 Å². The molecule has 0 spiro atoms. The van der Waals surface area contributed by atoms with Crippen LogP contribution in [0.3, 0.4) is 0 Å². The second-order valence-corrected chi connectivity index (χ2v) is 7.09. The summed E-state index contributed by atoms with van der Waals surface area (Å²) in [6.07, 6.45) is -0.362. The summed E-state index contributed by atoms with van der Waals surface area (Å²) >= 11 is 0. The van der Waals surface area contributed by atoms with Crippen LogP contribution in [0.2, 0.25) is 0 Å². The van der Waals surface area contributed by atoms with Crippen molar-refractivity contribution in [1.82, 2.24) is 4.90 Å². The lowest BCUT2D eigenvalue weighted by Crippen LogP contribution is -2.61. The molecule has 6 heteroatoms. The average molecular weight is 301 g/mol. The van der Waals surface area contributed by atoms with Crippen LogP contribution in [0.4, 0.5) is 4.79 Å². The van der Waals surface area contributed by atoms with E-state index in [0.29, 0.717) is 12.8 Å². The summed E-state index contributed by atoms with van der Waals surface area (Å²) in [4.78, 5) is 25.1. The first-order valence-electron chi connectivity index (χ1n) is 7.40. The van der Waals surface area contributed by atoms with E-state index < -0.39 is 23.7 Å². The van der Waals surface area contributed by atoms with Crippen molar-refractivity contribution < 1.29 is 24.5 Å². The van der Waals surface area contributed by atoms with E-state index in [9.17, 15) is 19.8 Å². The molecule has 3 atom stereocenters. The van der Waals surface area contributed by atoms with Gasteiger partial charge in [-0.25, -0.2) is 9.59 Å². The van der Waals surface area contributed by atoms with Crippen LogP contribution in [0.5, 0.6) is 0 Å². The number of carbonyl (C=O) groups is 2. The first-order valence-corrected chi connectivity index (χ1v) is 7.40. The van der Waals surface area contributed by atoms with Crippen molar-refractivity contribution in [2.45, 2.75) is 71.6 Å². The van der Waals surface area contributed by atoms with Crippen molar-refractivity contribution in [3.8, 4) is 0 Å². The molecule has 1 rings (SSSR count). The van der Waals surface area contributed by atoms with Gasteiger partial charge in [-0.3, -0.25) is 4.90 Å². The Morgan fingerprint density at radius 3 is 2.43 bits per heavy atom. The number of aliphatic carboxylic acids is 1. The average Bonchev–Trinajstić information content (AvgIpc) is 2.66. The van der Waals surface area contributed by atoms with E-state index in [-0.39, 0.29) is 24.5 Å². The predicted octanol–water partition coefficient (Wildman–Crippen LogP) is 2.25. The maximum Gasteiger partial charge on any atom is 0.411 e. The lowest BCUT2D eigenvalue weighted by Gasteiger charge is -2.38. The molecular weight excluding hydrogens is 274 g/mol. The first kappa shape index (κ1) is 17.8. The van der Waals surface area contributed by atoms with Crippen LogP contribution < -0.4 is 0 Å². The molecule has 6 nitrogen and oxygen atoms in total. The Hall–Kier alpha value is -1.30. The van der Waals surface area contributed by atoms with Crippen LogP contribution in [0.15, 0.2) is 0 Å². The van der Waals surface area contributed by atoms with E-state index in [1.54, 1.807) is 6.92 Å². The number of hydrogen-bond acceptors (Lipinski definition) is 4. The Bertz CT molecular complexity index is 401. The topological polar surface area (TPSA) is 87.1 Å². The van der Waals surface area contributed by atoms with Gasteiger partial charge in [0.25, 0.3) is 0 Å². The largest absolute Gasteiger partial charge is 0.479 e. The number of hydrogen-bond donors (Lipinski definition) is 2. The number of carboxylic acids is 1. The summed E-state index contributed by atoms with van der Waals surface area (Å²) in [6.45, 7) is 9.53. The van der Waals surface area contributed by atoms with E-state index >= 15 is 0 Å². The second kappa shape index (κ2) is 6.22. The van der Waals surface area contributed by atoms with Gasteiger partial charge in [-0.05, 0) is 38.5 Å². The maximum atomic E-state index is 12.3. The molecule has 1 aliphatic heterocycles. The highest BCUT2D eigenvalue weighted by Gasteiger charge is 2.57. The van der Waals surface area contributed by atoms with E-state index in [2.05, 4.69) is 0 Å². The Balaban J connectivity index is 2.86. The zero-order chi connectivity index (χ0) is 16.4. The minimum Gasteiger partial charge on any atom is -0.479 e. The third kappa shape index (κ3) is 3.67. The monoisotopic (exact) mass is 301 g/mol. The molecule has 1 heterocycles. The summed E-state index contributed by atoms with van der Waals surface area (Å²) in [5.74, 6) is -1.19. The maximum absolute atomic E-state index is 12.3. The number of carboxylic acid groups (broad SMARTS) is 1. The van der Waals surface area contributed by atoms with Crippen LogP contribution >= 0.6 is 0 Å². The molecule has 1 amide bonds. The van der Waals surface area contributed by atoms with Crippen molar-refractivity contribution in [3.63, 3.8) is 0 Å². The van der Waals surface area contributed by atoms with Gasteiger partial charge in [-0.15, -0.1) is 0 Å². The fourth-order valence-corrected chi connectivity index (χ4v) is 2.73. The molecule has 1 saturated heterocycles. The van der Waals surface area contributed by atoms with E-state index in [0.717, 1.165) is 0 Å². The second-order valence-electron chi connectivity index (χ2n) is 7.09. The summed E-state index contributed by atoms with van der Waals surface area (Å²) in [5.41, 5.74) is -1.55. The van der Waals surface area contributed by atoms with Crippen LogP contribution in [0, 0.1) is 5.41 Å². The number of rotatable bonds is 4. The zero-order valence-corrected chi connectivity index (χ0v) is 13.5. The predicted molar refractivity (Wildman–Crippen MR) is 78.0 cm³/mol. The first-order chi connectivity index (χ1) is 9.52. The molecule has 0 aliphatic carbocycles. The summed E-state index contributed by atoms with van der Waals surface area (Å²) in [5, 5.41) is 19.5. The van der Waals surface area contributed by atoms with Gasteiger partial charge in [0, 0.05) is 6.04 Å². The van der Waals surface area contributed by atoms with Gasteiger partial charge in [0.05, 0.1) is 12.7 Å². The molecule has 3 unspecified atom stereocenters. The van der Waals surface area contributed by atoms with E-state index in [1.165, 1.54) is 11.8 Å². The molecular formula is C15H27NO5. The summed E-state index contributed by atoms with van der Waals surface area (Å²) in [6, 6.07) is -0.266. The van der Waals surface area contributed by atoms with Crippen molar-refractivity contribution >= 4 is 12.1 Å². The van der Waals surface area contributed by atoms with Crippen molar-refractivity contribution in [2.75, 3.05) is 6.61 Å². The van der Waals surface area contributed by atoms with Crippen LogP contribution in [-0.4, -0.2) is 51.5 Å². The van der Waals surface area contributed by atoms with Crippen molar-refractivity contribution in [3.05, 3.63) is 0 Å². The molecule has 0 radical (unpaired) electrons. The number of nitrogens with zero attached hydrogens (tertiary/aromatic N) is 1. The molecule has 0 saturated carbocycles. The molecule has 1 fully saturated rings. The van der Waals surface area contributed by atoms with Crippen molar-refractivity contribution in [1.29, 1.82) is 0 Å². The van der Waals surface area contributed by atoms with Gasteiger partial charge >= 0.3 is 12.1 Å². The van der Waals surface area contributed by atoms with Gasteiger partial charge in [-0.1, -0.05) is 20.8 Å². The van der Waals surface area contributed by atoms with Crippen LogP contribution in [0.1, 0.15) is 53.9 Å². The van der Waals surface area contributed by atoms with E-state index in [4.69, 9.17) is 4.74 Å². The number of amides is 1.